The van der Waals surface area contributed by atoms with E-state index in [1.54, 1.807) is 24.3 Å². The van der Waals surface area contributed by atoms with E-state index < -0.39 is 0 Å². The molecule has 1 aromatic carbocycles. The number of Topliss-reactive ketones (excluding diaryl/α,β-unsaturated/α-hetero) is 1. The summed E-state index contributed by atoms with van der Waals surface area (Å²) in [5.41, 5.74) is 0. The van der Waals surface area contributed by atoms with Crippen LogP contribution in [0.3, 0.4) is 0 Å². The van der Waals surface area contributed by atoms with Gasteiger partial charge in [0.05, 0.1) is 23.7 Å². The molecule has 1 heterocycles. The Morgan fingerprint density at radius 1 is 1.35 bits per heavy atom. The lowest BCUT2D eigenvalue weighted by molar-refractivity contribution is -0.133. The molecule has 0 spiro atoms. The highest BCUT2D eigenvalue weighted by Crippen LogP contribution is 2.36. The molecule has 3 atom stereocenters. The van der Waals surface area contributed by atoms with Gasteiger partial charge >= 0.3 is 0 Å². The summed E-state index contributed by atoms with van der Waals surface area (Å²) in [5, 5.41) is 0.463. The van der Waals surface area contributed by atoms with E-state index in [-0.39, 0.29) is 29.7 Å². The molecule has 2 aliphatic rings. The lowest BCUT2D eigenvalue weighted by Gasteiger charge is -2.37. The molecule has 122 valence electrons. The summed E-state index contributed by atoms with van der Waals surface area (Å²) in [7, 11) is 0. The highest BCUT2D eigenvalue weighted by molar-refractivity contribution is 6.32. The Morgan fingerprint density at radius 3 is 2.96 bits per heavy atom. The first-order chi connectivity index (χ1) is 11.2. The van der Waals surface area contributed by atoms with Crippen LogP contribution in [0.5, 0.6) is 5.75 Å². The standard InChI is InChI=1S/C18H19ClO4/c1-2-9-21-12-7-8-13-16(10-12)22-11-17(18(13)20)23-15-6-4-3-5-14(15)19/h2-6,11-13,16H,1,7-10H2. The molecule has 1 aliphatic heterocycles. The maximum absolute atomic E-state index is 12.6. The first-order valence-corrected chi connectivity index (χ1v) is 8.11. The summed E-state index contributed by atoms with van der Waals surface area (Å²) in [6, 6.07) is 7.06. The van der Waals surface area contributed by atoms with Crippen molar-refractivity contribution in [2.45, 2.75) is 31.5 Å². The zero-order chi connectivity index (χ0) is 16.2. The molecule has 1 fully saturated rings. The molecule has 0 amide bonds. The monoisotopic (exact) mass is 334 g/mol. The summed E-state index contributed by atoms with van der Waals surface area (Å²) in [6.45, 7) is 4.17. The lowest BCUT2D eigenvalue weighted by atomic mass is 9.80. The van der Waals surface area contributed by atoms with Crippen LogP contribution in [0.25, 0.3) is 0 Å². The molecule has 4 nitrogen and oxygen atoms in total. The molecule has 0 bridgehead atoms. The molecule has 0 N–H and O–H groups in total. The molecule has 1 aromatic rings. The molecule has 1 aliphatic carbocycles. The summed E-state index contributed by atoms with van der Waals surface area (Å²) >= 11 is 6.07. The summed E-state index contributed by atoms with van der Waals surface area (Å²) < 4.78 is 17.1. The minimum Gasteiger partial charge on any atom is -0.493 e. The van der Waals surface area contributed by atoms with Crippen LogP contribution in [0.4, 0.5) is 0 Å². The van der Waals surface area contributed by atoms with Gasteiger partial charge in [0.15, 0.2) is 0 Å². The number of fused-ring (bicyclic) bond motifs is 1. The molecule has 3 unspecified atom stereocenters. The second kappa shape index (κ2) is 7.20. The lowest BCUT2D eigenvalue weighted by Crippen LogP contribution is -2.42. The fourth-order valence-electron chi connectivity index (χ4n) is 3.01. The number of hydrogen-bond donors (Lipinski definition) is 0. The first-order valence-electron chi connectivity index (χ1n) is 7.73. The van der Waals surface area contributed by atoms with Crippen LogP contribution in [0.1, 0.15) is 19.3 Å². The van der Waals surface area contributed by atoms with Crippen LogP contribution >= 0.6 is 11.6 Å². The van der Waals surface area contributed by atoms with Crippen LogP contribution in [0.15, 0.2) is 48.9 Å². The van der Waals surface area contributed by atoms with Crippen LogP contribution in [0.2, 0.25) is 5.02 Å². The Hall–Kier alpha value is -1.78. The summed E-state index contributed by atoms with van der Waals surface area (Å²) in [6.07, 6.45) is 5.38. The summed E-state index contributed by atoms with van der Waals surface area (Å²) in [4.78, 5) is 12.6. The topological polar surface area (TPSA) is 44.8 Å². The second-order valence-corrected chi connectivity index (χ2v) is 6.12. The number of para-hydroxylation sites is 1. The molecule has 5 heteroatoms. The van der Waals surface area contributed by atoms with Gasteiger partial charge in [-0.2, -0.15) is 0 Å². The fourth-order valence-corrected chi connectivity index (χ4v) is 3.18. The van der Waals surface area contributed by atoms with E-state index >= 15 is 0 Å². The quantitative estimate of drug-likeness (QED) is 0.766. The van der Waals surface area contributed by atoms with Crippen molar-refractivity contribution in [3.8, 4) is 5.75 Å². The van der Waals surface area contributed by atoms with Crippen molar-refractivity contribution in [1.29, 1.82) is 0 Å². The Balaban J connectivity index is 1.68. The van der Waals surface area contributed by atoms with Crippen LogP contribution < -0.4 is 4.74 Å². The molecular weight excluding hydrogens is 316 g/mol. The van der Waals surface area contributed by atoms with E-state index in [0.29, 0.717) is 23.8 Å². The number of carbonyl (C=O) groups is 1. The number of halogens is 1. The number of ether oxygens (including phenoxy) is 3. The van der Waals surface area contributed by atoms with Crippen molar-refractivity contribution in [1.82, 2.24) is 0 Å². The van der Waals surface area contributed by atoms with Gasteiger partial charge in [-0.25, -0.2) is 0 Å². The van der Waals surface area contributed by atoms with Gasteiger partial charge in [-0.3, -0.25) is 4.79 Å². The molecule has 0 saturated heterocycles. The number of hydrogen-bond acceptors (Lipinski definition) is 4. The van der Waals surface area contributed by atoms with Crippen LogP contribution in [-0.4, -0.2) is 24.6 Å². The number of rotatable bonds is 5. The van der Waals surface area contributed by atoms with Gasteiger partial charge in [0.2, 0.25) is 11.5 Å². The highest BCUT2D eigenvalue weighted by atomic mass is 35.5. The Labute approximate surface area is 140 Å². The third kappa shape index (κ3) is 3.59. The smallest absolute Gasteiger partial charge is 0.208 e. The Bertz CT molecular complexity index is 625. The van der Waals surface area contributed by atoms with Crippen molar-refractivity contribution in [3.05, 3.63) is 54.0 Å². The second-order valence-electron chi connectivity index (χ2n) is 5.72. The number of allylic oxidation sites excluding steroid dienone is 1. The third-order valence-corrected chi connectivity index (χ3v) is 4.49. The minimum atomic E-state index is -0.180. The van der Waals surface area contributed by atoms with Crippen LogP contribution in [-0.2, 0) is 14.3 Å². The van der Waals surface area contributed by atoms with E-state index in [4.69, 9.17) is 25.8 Å². The van der Waals surface area contributed by atoms with E-state index in [1.807, 2.05) is 6.07 Å². The van der Waals surface area contributed by atoms with E-state index in [2.05, 4.69) is 6.58 Å². The zero-order valence-electron chi connectivity index (χ0n) is 12.7. The van der Waals surface area contributed by atoms with Crippen molar-refractivity contribution >= 4 is 17.4 Å². The van der Waals surface area contributed by atoms with Gasteiger partial charge in [0.1, 0.15) is 18.1 Å². The maximum Gasteiger partial charge on any atom is 0.208 e. The average molecular weight is 335 g/mol. The predicted octanol–water partition coefficient (Wildman–Crippen LogP) is 3.90. The third-order valence-electron chi connectivity index (χ3n) is 4.18. The van der Waals surface area contributed by atoms with E-state index in [0.717, 1.165) is 12.8 Å². The Kier molecular flexibility index (Phi) is 5.03. The molecule has 0 radical (unpaired) electrons. The molecule has 3 rings (SSSR count). The van der Waals surface area contributed by atoms with Crippen molar-refractivity contribution in [3.63, 3.8) is 0 Å². The number of carbonyl (C=O) groups excluding carboxylic acids is 1. The molecular formula is C18H19ClO4. The SMILES string of the molecule is C=CCOC1CCC2C(=O)C(Oc3ccccc3Cl)=COC2C1. The van der Waals surface area contributed by atoms with Crippen molar-refractivity contribution < 1.29 is 19.0 Å². The normalized spacial score (nSPS) is 26.7. The van der Waals surface area contributed by atoms with Gasteiger partial charge in [-0.15, -0.1) is 6.58 Å². The largest absolute Gasteiger partial charge is 0.493 e. The Morgan fingerprint density at radius 2 is 2.17 bits per heavy atom. The van der Waals surface area contributed by atoms with E-state index in [9.17, 15) is 4.79 Å². The minimum absolute atomic E-state index is 0.0247. The molecule has 23 heavy (non-hydrogen) atoms. The van der Waals surface area contributed by atoms with E-state index in [1.165, 1.54) is 6.26 Å². The molecule has 0 aromatic heterocycles. The maximum atomic E-state index is 12.6. The van der Waals surface area contributed by atoms with Crippen molar-refractivity contribution in [2.75, 3.05) is 6.61 Å². The highest BCUT2D eigenvalue weighted by Gasteiger charge is 2.41. The average Bonchev–Trinajstić information content (AvgIpc) is 2.57. The summed E-state index contributed by atoms with van der Waals surface area (Å²) in [5.74, 6) is 0.466. The van der Waals surface area contributed by atoms with Crippen LogP contribution in [0, 0.1) is 5.92 Å². The first kappa shape index (κ1) is 16.1. The van der Waals surface area contributed by atoms with Gasteiger partial charge in [-0.1, -0.05) is 29.8 Å². The number of benzene rings is 1. The van der Waals surface area contributed by atoms with Gasteiger partial charge < -0.3 is 14.2 Å². The predicted molar refractivity (Wildman–Crippen MR) is 87.3 cm³/mol. The van der Waals surface area contributed by atoms with Crippen molar-refractivity contribution in [2.24, 2.45) is 5.92 Å². The van der Waals surface area contributed by atoms with Gasteiger partial charge in [-0.05, 0) is 25.0 Å². The van der Waals surface area contributed by atoms with Gasteiger partial charge in [0, 0.05) is 6.42 Å². The zero-order valence-corrected chi connectivity index (χ0v) is 13.5. The fraction of sp³-hybridized carbons (Fsp3) is 0.389. The molecule has 1 saturated carbocycles. The number of ketones is 1. The van der Waals surface area contributed by atoms with Gasteiger partial charge in [0.25, 0.3) is 0 Å².